The number of nitrogens with one attached hydrogen (secondary N) is 1. The van der Waals surface area contributed by atoms with Crippen molar-refractivity contribution >= 4 is 22.6 Å². The predicted molar refractivity (Wildman–Crippen MR) is 91.3 cm³/mol. The molecule has 1 amide bonds. The van der Waals surface area contributed by atoms with Gasteiger partial charge in [0.1, 0.15) is 6.04 Å². The van der Waals surface area contributed by atoms with Gasteiger partial charge in [-0.3, -0.25) is 4.79 Å². The minimum atomic E-state index is -0.686. The summed E-state index contributed by atoms with van der Waals surface area (Å²) in [6.45, 7) is 3.89. The molecule has 23 heavy (non-hydrogen) atoms. The first kappa shape index (κ1) is 16.7. The number of benzene rings is 2. The third kappa shape index (κ3) is 4.42. The van der Waals surface area contributed by atoms with Crippen molar-refractivity contribution in [2.75, 3.05) is 7.11 Å². The molecule has 0 aromatic heterocycles. The summed E-state index contributed by atoms with van der Waals surface area (Å²) in [5, 5.41) is 4.80. The zero-order valence-corrected chi connectivity index (χ0v) is 13.6. The van der Waals surface area contributed by atoms with E-state index < -0.39 is 12.0 Å². The van der Waals surface area contributed by atoms with Gasteiger partial charge in [0.15, 0.2) is 0 Å². The minimum absolute atomic E-state index is 0.284. The lowest BCUT2D eigenvalue weighted by Gasteiger charge is -2.15. The Balaban J connectivity index is 2.18. The van der Waals surface area contributed by atoms with Crippen LogP contribution in [0.1, 0.15) is 30.6 Å². The van der Waals surface area contributed by atoms with E-state index in [2.05, 4.69) is 5.32 Å². The lowest BCUT2D eigenvalue weighted by atomic mass is 10.1. The molecule has 4 nitrogen and oxygen atoms in total. The molecule has 0 unspecified atom stereocenters. The first-order valence-corrected chi connectivity index (χ1v) is 7.52. The maximum Gasteiger partial charge on any atom is 0.328 e. The molecular formula is C19H21NO3. The molecule has 2 rings (SSSR count). The normalized spacial score (nSPS) is 11.6. The van der Waals surface area contributed by atoms with Crippen LogP contribution in [0.4, 0.5) is 0 Å². The molecule has 0 aliphatic carbocycles. The molecule has 2 aromatic rings. The van der Waals surface area contributed by atoms with Crippen LogP contribution >= 0.6 is 0 Å². The molecule has 0 bridgehead atoms. The van der Waals surface area contributed by atoms with Crippen molar-refractivity contribution in [2.45, 2.75) is 26.3 Å². The molecule has 0 aliphatic heterocycles. The summed E-state index contributed by atoms with van der Waals surface area (Å²) in [5.74, 6) is -0.732. The van der Waals surface area contributed by atoms with Crippen LogP contribution in [0.25, 0.3) is 10.8 Å². The summed E-state index contributed by atoms with van der Waals surface area (Å²) < 4.78 is 4.77. The Bertz CT molecular complexity index is 745. The quantitative estimate of drug-likeness (QED) is 0.679. The average molecular weight is 311 g/mol. The molecule has 0 heterocycles. The SMILES string of the molecule is COC(=O)[C@H](CC=C(C)C)NC(=O)c1ccc2ccccc2c1. The Labute approximate surface area is 136 Å². The molecule has 0 fully saturated rings. The number of allylic oxidation sites excluding steroid dienone is 1. The lowest BCUT2D eigenvalue weighted by Crippen LogP contribution is -2.41. The highest BCUT2D eigenvalue weighted by atomic mass is 16.5. The zero-order chi connectivity index (χ0) is 16.8. The van der Waals surface area contributed by atoms with Gasteiger partial charge in [-0.2, -0.15) is 0 Å². The van der Waals surface area contributed by atoms with Gasteiger partial charge in [-0.25, -0.2) is 4.79 Å². The maximum atomic E-state index is 12.4. The summed E-state index contributed by atoms with van der Waals surface area (Å²) in [5.41, 5.74) is 1.61. The number of ether oxygens (including phenoxy) is 1. The van der Waals surface area contributed by atoms with Crippen molar-refractivity contribution < 1.29 is 14.3 Å². The fourth-order valence-electron chi connectivity index (χ4n) is 2.28. The Kier molecular flexibility index (Phi) is 5.52. The number of carbonyl (C=O) groups excluding carboxylic acids is 2. The number of methoxy groups -OCH3 is 1. The number of hydrogen-bond acceptors (Lipinski definition) is 3. The van der Waals surface area contributed by atoms with Gasteiger partial charge in [-0.15, -0.1) is 0 Å². The first-order chi connectivity index (χ1) is 11.0. The summed E-state index contributed by atoms with van der Waals surface area (Å²) in [6, 6.07) is 12.6. The van der Waals surface area contributed by atoms with Gasteiger partial charge in [0.2, 0.25) is 0 Å². The van der Waals surface area contributed by atoms with E-state index in [4.69, 9.17) is 4.74 Å². The second kappa shape index (κ2) is 7.58. The molecule has 120 valence electrons. The van der Waals surface area contributed by atoms with Crippen molar-refractivity contribution in [1.29, 1.82) is 0 Å². The molecule has 0 saturated carbocycles. The highest BCUT2D eigenvalue weighted by molar-refractivity contribution is 6.00. The van der Waals surface area contributed by atoms with E-state index in [1.54, 1.807) is 6.07 Å². The third-order valence-electron chi connectivity index (χ3n) is 3.56. The predicted octanol–water partition coefficient (Wildman–Crippen LogP) is 3.47. The van der Waals surface area contributed by atoms with Gasteiger partial charge < -0.3 is 10.1 Å². The van der Waals surface area contributed by atoms with Crippen LogP contribution < -0.4 is 5.32 Å². The van der Waals surface area contributed by atoms with Crippen LogP contribution in [-0.2, 0) is 9.53 Å². The summed E-state index contributed by atoms with van der Waals surface area (Å²) >= 11 is 0. The number of rotatable bonds is 5. The molecule has 0 spiro atoms. The molecular weight excluding hydrogens is 290 g/mol. The van der Waals surface area contributed by atoms with E-state index >= 15 is 0 Å². The number of fused-ring (bicyclic) bond motifs is 1. The van der Waals surface area contributed by atoms with Crippen LogP contribution in [-0.4, -0.2) is 25.0 Å². The fourth-order valence-corrected chi connectivity index (χ4v) is 2.28. The van der Waals surface area contributed by atoms with Crippen molar-refractivity contribution in [3.8, 4) is 0 Å². The largest absolute Gasteiger partial charge is 0.467 e. The molecule has 0 saturated heterocycles. The Hall–Kier alpha value is -2.62. The second-order valence-electron chi connectivity index (χ2n) is 5.63. The monoisotopic (exact) mass is 311 g/mol. The van der Waals surface area contributed by atoms with E-state index in [0.29, 0.717) is 12.0 Å². The van der Waals surface area contributed by atoms with Gasteiger partial charge >= 0.3 is 5.97 Å². The van der Waals surface area contributed by atoms with Crippen molar-refractivity contribution in [3.63, 3.8) is 0 Å². The Morgan fingerprint density at radius 3 is 2.48 bits per heavy atom. The second-order valence-corrected chi connectivity index (χ2v) is 5.63. The first-order valence-electron chi connectivity index (χ1n) is 7.52. The van der Waals surface area contributed by atoms with Gasteiger partial charge in [0.05, 0.1) is 7.11 Å². The highest BCUT2D eigenvalue weighted by Gasteiger charge is 2.21. The van der Waals surface area contributed by atoms with E-state index in [1.807, 2.05) is 56.3 Å². The number of hydrogen-bond donors (Lipinski definition) is 1. The molecule has 4 heteroatoms. The van der Waals surface area contributed by atoms with Crippen LogP contribution in [0, 0.1) is 0 Å². The van der Waals surface area contributed by atoms with E-state index in [1.165, 1.54) is 7.11 Å². The van der Waals surface area contributed by atoms with Crippen molar-refractivity contribution in [1.82, 2.24) is 5.32 Å². The van der Waals surface area contributed by atoms with Gasteiger partial charge in [-0.1, -0.05) is 42.0 Å². The number of esters is 1. The molecule has 0 aliphatic rings. The topological polar surface area (TPSA) is 55.4 Å². The maximum absolute atomic E-state index is 12.4. The fraction of sp³-hybridized carbons (Fsp3) is 0.263. The van der Waals surface area contributed by atoms with Crippen molar-refractivity contribution in [3.05, 3.63) is 59.7 Å². The number of amides is 1. The summed E-state index contributed by atoms with van der Waals surface area (Å²) in [6.07, 6.45) is 2.32. The third-order valence-corrected chi connectivity index (χ3v) is 3.56. The molecule has 1 N–H and O–H groups in total. The average Bonchev–Trinajstić information content (AvgIpc) is 2.57. The van der Waals surface area contributed by atoms with E-state index in [0.717, 1.165) is 16.3 Å². The van der Waals surface area contributed by atoms with Gasteiger partial charge in [0, 0.05) is 5.56 Å². The molecule has 2 aromatic carbocycles. The van der Waals surface area contributed by atoms with Crippen LogP contribution in [0.3, 0.4) is 0 Å². The Morgan fingerprint density at radius 2 is 1.83 bits per heavy atom. The lowest BCUT2D eigenvalue weighted by molar-refractivity contribution is -0.142. The Morgan fingerprint density at radius 1 is 1.13 bits per heavy atom. The van der Waals surface area contributed by atoms with Gasteiger partial charge in [-0.05, 0) is 43.2 Å². The van der Waals surface area contributed by atoms with Crippen LogP contribution in [0.2, 0.25) is 0 Å². The number of carbonyl (C=O) groups is 2. The molecule has 1 atom stereocenters. The summed E-state index contributed by atoms with van der Waals surface area (Å²) in [4.78, 5) is 24.3. The summed E-state index contributed by atoms with van der Waals surface area (Å²) in [7, 11) is 1.32. The van der Waals surface area contributed by atoms with E-state index in [-0.39, 0.29) is 5.91 Å². The van der Waals surface area contributed by atoms with Gasteiger partial charge in [0.25, 0.3) is 5.91 Å². The smallest absolute Gasteiger partial charge is 0.328 e. The van der Waals surface area contributed by atoms with Crippen molar-refractivity contribution in [2.24, 2.45) is 0 Å². The molecule has 0 radical (unpaired) electrons. The standard InChI is InChI=1S/C19H21NO3/c1-13(2)8-11-17(19(22)23-3)20-18(21)16-10-9-14-6-4-5-7-15(14)12-16/h4-10,12,17H,11H2,1-3H3,(H,20,21)/t17-/m0/s1. The van der Waals surface area contributed by atoms with E-state index in [9.17, 15) is 9.59 Å². The zero-order valence-electron chi connectivity index (χ0n) is 13.6. The minimum Gasteiger partial charge on any atom is -0.467 e. The van der Waals surface area contributed by atoms with Crippen LogP contribution in [0.5, 0.6) is 0 Å². The highest BCUT2D eigenvalue weighted by Crippen LogP contribution is 2.16. The van der Waals surface area contributed by atoms with Crippen LogP contribution in [0.15, 0.2) is 54.1 Å².